The molecule has 0 spiro atoms. The number of halogens is 1. The second kappa shape index (κ2) is 8.20. The molecule has 0 radical (unpaired) electrons. The first-order valence-corrected chi connectivity index (χ1v) is 10.3. The third-order valence-corrected chi connectivity index (χ3v) is 5.86. The zero-order valence-corrected chi connectivity index (χ0v) is 17.2. The van der Waals surface area contributed by atoms with Gasteiger partial charge in [-0.05, 0) is 42.8 Å². The van der Waals surface area contributed by atoms with Crippen LogP contribution in [0.25, 0.3) is 22.3 Å². The zero-order valence-electron chi connectivity index (χ0n) is 15.6. The Labute approximate surface area is 172 Å². The van der Waals surface area contributed by atoms with E-state index < -0.39 is 0 Å². The quantitative estimate of drug-likeness (QED) is 0.394. The molecule has 0 N–H and O–H groups in total. The lowest BCUT2D eigenvalue weighted by atomic mass is 10.1. The van der Waals surface area contributed by atoms with Gasteiger partial charge in [0.15, 0.2) is 11.0 Å². The lowest BCUT2D eigenvalue weighted by molar-refractivity contribution is 0.415. The fourth-order valence-electron chi connectivity index (χ4n) is 3.11. The molecule has 142 valence electrons. The lowest BCUT2D eigenvalue weighted by Crippen LogP contribution is -2.00. The van der Waals surface area contributed by atoms with Gasteiger partial charge in [0.05, 0.1) is 12.6 Å². The van der Waals surface area contributed by atoms with Crippen LogP contribution in [0.3, 0.4) is 0 Å². The minimum atomic E-state index is 0.717. The molecular formula is C21H19ClN4OS. The van der Waals surface area contributed by atoms with E-state index in [0.29, 0.717) is 5.02 Å². The second-order valence-corrected chi connectivity index (χ2v) is 7.53. The summed E-state index contributed by atoms with van der Waals surface area (Å²) in [5.74, 6) is 2.38. The molecule has 2 heterocycles. The molecule has 5 nitrogen and oxygen atoms in total. The van der Waals surface area contributed by atoms with Crippen molar-refractivity contribution in [1.82, 2.24) is 19.7 Å². The van der Waals surface area contributed by atoms with Gasteiger partial charge in [0.1, 0.15) is 5.75 Å². The number of hydrogen-bond acceptors (Lipinski definition) is 5. The van der Waals surface area contributed by atoms with Crippen LogP contribution in [0.1, 0.15) is 12.5 Å². The third-order valence-electron chi connectivity index (χ3n) is 4.52. The summed E-state index contributed by atoms with van der Waals surface area (Å²) in [5.41, 5.74) is 3.04. The van der Waals surface area contributed by atoms with Crippen LogP contribution in [0, 0.1) is 0 Å². The van der Waals surface area contributed by atoms with Crippen molar-refractivity contribution >= 4 is 34.3 Å². The van der Waals surface area contributed by atoms with Crippen LogP contribution in [-0.4, -0.2) is 26.9 Å². The summed E-state index contributed by atoms with van der Waals surface area (Å²) in [4.78, 5) is 4.51. The monoisotopic (exact) mass is 410 g/mol. The van der Waals surface area contributed by atoms with Crippen molar-refractivity contribution in [1.29, 1.82) is 0 Å². The van der Waals surface area contributed by atoms with Gasteiger partial charge in [-0.1, -0.05) is 41.6 Å². The summed E-state index contributed by atoms with van der Waals surface area (Å²) < 4.78 is 7.45. The van der Waals surface area contributed by atoms with Crippen molar-refractivity contribution in [3.8, 4) is 17.1 Å². The van der Waals surface area contributed by atoms with Crippen molar-refractivity contribution in [2.75, 3.05) is 7.11 Å². The number of benzene rings is 2. The Hall–Kier alpha value is -2.57. The van der Waals surface area contributed by atoms with Crippen molar-refractivity contribution in [2.45, 2.75) is 24.4 Å². The normalized spacial score (nSPS) is 11.1. The number of pyridine rings is 1. The van der Waals surface area contributed by atoms with Gasteiger partial charge in [0, 0.05) is 34.5 Å². The van der Waals surface area contributed by atoms with Crippen LogP contribution in [0.4, 0.5) is 0 Å². The summed E-state index contributed by atoms with van der Waals surface area (Å²) >= 11 is 7.95. The topological polar surface area (TPSA) is 52.8 Å². The van der Waals surface area contributed by atoms with Gasteiger partial charge in [0.2, 0.25) is 0 Å². The number of fused-ring (bicyclic) bond motifs is 1. The maximum atomic E-state index is 6.31. The zero-order chi connectivity index (χ0) is 19.5. The van der Waals surface area contributed by atoms with E-state index in [1.165, 1.54) is 0 Å². The predicted molar refractivity (Wildman–Crippen MR) is 114 cm³/mol. The Morgan fingerprint density at radius 2 is 2.00 bits per heavy atom. The molecule has 0 aliphatic heterocycles. The Morgan fingerprint density at radius 1 is 1.11 bits per heavy atom. The summed E-state index contributed by atoms with van der Waals surface area (Å²) in [5, 5.41) is 11.4. The molecule has 0 saturated carbocycles. The largest absolute Gasteiger partial charge is 0.497 e. The first-order chi connectivity index (χ1) is 13.7. The van der Waals surface area contributed by atoms with Crippen LogP contribution in [0.2, 0.25) is 5.02 Å². The summed E-state index contributed by atoms with van der Waals surface area (Å²) in [6.07, 6.45) is 1.79. The number of hydrogen-bond donors (Lipinski definition) is 0. The standard InChI is InChI=1S/C21H19ClN4OS/c1-3-26-20(14-6-4-7-16(12-14)27-2)24-25-21(26)28-13-15-9-10-18(22)17-8-5-11-23-19(15)17/h4-12H,3,13H2,1-2H3. The van der Waals surface area contributed by atoms with Crippen LogP contribution in [-0.2, 0) is 12.3 Å². The SMILES string of the molecule is CCn1c(SCc2ccc(Cl)c3cccnc23)nnc1-c1cccc(OC)c1. The Kier molecular flexibility index (Phi) is 5.50. The Balaban J connectivity index is 1.63. The predicted octanol–water partition coefficient (Wildman–Crippen LogP) is 5.47. The average Bonchev–Trinajstić information content (AvgIpc) is 3.16. The van der Waals surface area contributed by atoms with E-state index in [4.69, 9.17) is 16.3 Å². The van der Waals surface area contributed by atoms with Gasteiger partial charge in [-0.2, -0.15) is 0 Å². The van der Waals surface area contributed by atoms with Crippen LogP contribution >= 0.6 is 23.4 Å². The molecular weight excluding hydrogens is 392 g/mol. The van der Waals surface area contributed by atoms with E-state index in [1.54, 1.807) is 25.1 Å². The fraction of sp³-hybridized carbons (Fsp3) is 0.190. The first-order valence-electron chi connectivity index (χ1n) is 8.93. The fourth-order valence-corrected chi connectivity index (χ4v) is 4.31. The van der Waals surface area contributed by atoms with E-state index in [-0.39, 0.29) is 0 Å². The number of thioether (sulfide) groups is 1. The summed E-state index contributed by atoms with van der Waals surface area (Å²) in [7, 11) is 1.66. The Morgan fingerprint density at radius 3 is 2.82 bits per heavy atom. The molecule has 0 amide bonds. The van der Waals surface area contributed by atoms with E-state index in [2.05, 4.69) is 26.7 Å². The van der Waals surface area contributed by atoms with Gasteiger partial charge in [-0.3, -0.25) is 4.98 Å². The second-order valence-electron chi connectivity index (χ2n) is 6.18. The third kappa shape index (κ3) is 3.57. The molecule has 7 heteroatoms. The number of ether oxygens (including phenoxy) is 1. The van der Waals surface area contributed by atoms with Crippen molar-refractivity contribution in [3.05, 3.63) is 65.3 Å². The highest BCUT2D eigenvalue weighted by Crippen LogP contribution is 2.31. The smallest absolute Gasteiger partial charge is 0.191 e. The van der Waals surface area contributed by atoms with Crippen molar-refractivity contribution in [2.24, 2.45) is 0 Å². The number of aromatic nitrogens is 4. The van der Waals surface area contributed by atoms with Crippen LogP contribution in [0.5, 0.6) is 5.75 Å². The molecule has 0 bridgehead atoms. The van der Waals surface area contributed by atoms with Gasteiger partial charge < -0.3 is 9.30 Å². The Bertz CT molecular complexity index is 1130. The lowest BCUT2D eigenvalue weighted by Gasteiger charge is -2.09. The molecule has 0 aliphatic carbocycles. The van der Waals surface area contributed by atoms with Crippen LogP contribution in [0.15, 0.2) is 59.9 Å². The summed E-state index contributed by atoms with van der Waals surface area (Å²) in [6, 6.07) is 15.7. The highest BCUT2D eigenvalue weighted by Gasteiger charge is 2.15. The van der Waals surface area contributed by atoms with Gasteiger partial charge in [0.25, 0.3) is 0 Å². The molecule has 0 unspecified atom stereocenters. The highest BCUT2D eigenvalue weighted by atomic mass is 35.5. The highest BCUT2D eigenvalue weighted by molar-refractivity contribution is 7.98. The molecule has 28 heavy (non-hydrogen) atoms. The van der Waals surface area contributed by atoms with Crippen molar-refractivity contribution < 1.29 is 4.74 Å². The van der Waals surface area contributed by atoms with Gasteiger partial charge in [-0.15, -0.1) is 10.2 Å². The maximum absolute atomic E-state index is 6.31. The number of methoxy groups -OCH3 is 1. The van der Waals surface area contributed by atoms with Gasteiger partial charge >= 0.3 is 0 Å². The molecule has 2 aromatic heterocycles. The molecule has 4 aromatic rings. The molecule has 4 rings (SSSR count). The van der Waals surface area contributed by atoms with E-state index >= 15 is 0 Å². The van der Waals surface area contributed by atoms with Crippen LogP contribution < -0.4 is 4.74 Å². The maximum Gasteiger partial charge on any atom is 0.191 e. The average molecular weight is 411 g/mol. The molecule has 0 aliphatic rings. The molecule has 2 aromatic carbocycles. The molecule has 0 fully saturated rings. The number of nitrogens with zero attached hydrogens (tertiary/aromatic N) is 4. The van der Waals surface area contributed by atoms with E-state index in [1.807, 2.05) is 48.5 Å². The summed E-state index contributed by atoms with van der Waals surface area (Å²) in [6.45, 7) is 2.87. The molecule has 0 saturated heterocycles. The minimum absolute atomic E-state index is 0.717. The van der Waals surface area contributed by atoms with Gasteiger partial charge in [-0.25, -0.2) is 0 Å². The van der Waals surface area contributed by atoms with Crippen molar-refractivity contribution in [3.63, 3.8) is 0 Å². The number of rotatable bonds is 6. The van der Waals surface area contributed by atoms with E-state index in [9.17, 15) is 0 Å². The minimum Gasteiger partial charge on any atom is -0.497 e. The molecule has 0 atom stereocenters. The first kappa shape index (κ1) is 18.8. The van der Waals surface area contributed by atoms with E-state index in [0.717, 1.165) is 51.1 Å².